The second kappa shape index (κ2) is 41.0. The molecular weight excluding hydrogens is 1290 g/mol. The van der Waals surface area contributed by atoms with Crippen LogP contribution >= 0.6 is 0 Å². The van der Waals surface area contributed by atoms with Crippen LogP contribution in [0, 0.1) is 29.6 Å². The number of likely N-dealkylation sites (N-methyl/N-ethyl adjacent to an activating group) is 3. The smallest absolute Gasteiger partial charge is 0.410 e. The van der Waals surface area contributed by atoms with Gasteiger partial charge in [-0.3, -0.25) is 43.3 Å². The topological polar surface area (TPSA) is 401 Å². The molecular formula is C71H108N12O17. The number of amides is 10. The van der Waals surface area contributed by atoms with Crippen LogP contribution in [0.3, 0.4) is 0 Å². The van der Waals surface area contributed by atoms with Crippen molar-refractivity contribution < 1.29 is 82.3 Å². The average Bonchev–Trinajstić information content (AvgIpc) is 1.69. The van der Waals surface area contributed by atoms with Crippen LogP contribution in [-0.2, 0) is 70.4 Å². The summed E-state index contributed by atoms with van der Waals surface area (Å²) in [5.74, 6) is -7.20. The van der Waals surface area contributed by atoms with Gasteiger partial charge in [0.25, 0.3) is 5.91 Å². The van der Waals surface area contributed by atoms with E-state index in [1.807, 2.05) is 32.0 Å². The number of rotatable bonds is 40. The first-order valence-electron chi connectivity index (χ1n) is 34.1. The Morgan fingerprint density at radius 3 is 1.99 bits per heavy atom. The van der Waals surface area contributed by atoms with Gasteiger partial charge in [-0.25, -0.2) is 9.59 Å². The third kappa shape index (κ3) is 24.8. The largest absolute Gasteiger partial charge is 0.507 e. The Hall–Kier alpha value is -8.93. The van der Waals surface area contributed by atoms with Crippen molar-refractivity contribution in [2.75, 3.05) is 60.4 Å². The number of aromatic hydroxyl groups is 1. The lowest BCUT2D eigenvalue weighted by atomic mass is 9.89. The highest BCUT2D eigenvalue weighted by molar-refractivity contribution is 5.99. The van der Waals surface area contributed by atoms with E-state index in [0.717, 1.165) is 11.1 Å². The Balaban J connectivity index is 1.39. The standard InChI is InChI=1S/C71H108N12O17/c1-16-43(8)61(55(97-14)36-57(86)83-33-21-25-53(83)63(98-15)44(9)64(88)76-45(10)62(87)48-22-18-17-19-23-48)81(12)68(92)59(41(4)5)80-67(91)60(42(6)7)82(13)71(96)99-38-46-26-29-50(30-27-46)77-65(89)51(24-20-32-74-70(72)95)78-66(90)58(40(2)3)79-56(85)39-100-75-37-49-34-47(28-31-54(49)84)35-52(73-11)69(93)94/h17-19,22-23,26-31,34,37,40-45,51-53,55,58-63,73,84,87H,16,20-21,24-25,32-33,35-36,38-39H2,1-15H3,(H,76,88)(H,77,89)(H,78,90)(H,79,85)(H,80,91)(H,93,94)(H3,72,74,95)/b75-37+/t43-,44+,45+,51?,52-,53-,55+,58-,59-,60-,61-,62+,63+/m0/s1. The number of aliphatic hydroxyl groups is 1. The van der Waals surface area contributed by atoms with Crippen LogP contribution < -0.4 is 43.0 Å². The van der Waals surface area contributed by atoms with Gasteiger partial charge < -0.3 is 87.1 Å². The molecule has 554 valence electrons. The van der Waals surface area contributed by atoms with Gasteiger partial charge in [-0.1, -0.05) is 122 Å². The van der Waals surface area contributed by atoms with Gasteiger partial charge in [-0.15, -0.1) is 0 Å². The first-order valence-corrected chi connectivity index (χ1v) is 34.1. The van der Waals surface area contributed by atoms with E-state index in [9.17, 15) is 63.3 Å². The summed E-state index contributed by atoms with van der Waals surface area (Å²) in [5.41, 5.74) is 7.49. The zero-order valence-corrected chi connectivity index (χ0v) is 60.4. The highest BCUT2D eigenvalue weighted by Crippen LogP contribution is 2.31. The highest BCUT2D eigenvalue weighted by atomic mass is 16.6. The molecule has 0 spiro atoms. The summed E-state index contributed by atoms with van der Waals surface area (Å²) in [6, 6.07) is 11.9. The number of carbonyl (C=O) groups excluding carboxylic acids is 9. The third-order valence-corrected chi connectivity index (χ3v) is 18.2. The molecule has 3 aromatic carbocycles. The van der Waals surface area contributed by atoms with Crippen LogP contribution in [0.15, 0.2) is 78.0 Å². The normalized spacial score (nSPS) is 16.7. The van der Waals surface area contributed by atoms with E-state index >= 15 is 0 Å². The molecule has 3 aromatic rings. The number of hydrogen-bond donors (Lipinski definition) is 11. The van der Waals surface area contributed by atoms with Crippen molar-refractivity contribution in [3.05, 3.63) is 95.1 Å². The number of oxime groups is 1. The summed E-state index contributed by atoms with van der Waals surface area (Å²) in [6.45, 7) is 17.5. The summed E-state index contributed by atoms with van der Waals surface area (Å²) >= 11 is 0. The summed E-state index contributed by atoms with van der Waals surface area (Å²) in [6.07, 6.45) is 0.00574. The van der Waals surface area contributed by atoms with Crippen molar-refractivity contribution in [2.24, 2.45) is 40.5 Å². The average molecular weight is 1400 g/mol. The molecule has 1 unspecified atom stereocenters. The molecule has 29 nitrogen and oxygen atoms in total. The van der Waals surface area contributed by atoms with Crippen molar-refractivity contribution in [3.63, 3.8) is 0 Å². The predicted molar refractivity (Wildman–Crippen MR) is 375 cm³/mol. The number of likely N-dealkylation sites (tertiary alicyclic amines) is 1. The van der Waals surface area contributed by atoms with Crippen LogP contribution in [0.1, 0.15) is 136 Å². The Bertz CT molecular complexity index is 3210. The number of carboxylic acids is 1. The zero-order valence-electron chi connectivity index (χ0n) is 60.4. The molecule has 10 amide bonds. The lowest BCUT2D eigenvalue weighted by Crippen LogP contribution is -2.60. The van der Waals surface area contributed by atoms with E-state index in [-0.39, 0.29) is 67.9 Å². The van der Waals surface area contributed by atoms with Crippen molar-refractivity contribution in [3.8, 4) is 5.75 Å². The number of nitrogens with one attached hydrogen (secondary N) is 7. The predicted octanol–water partition coefficient (Wildman–Crippen LogP) is 4.56. The summed E-state index contributed by atoms with van der Waals surface area (Å²) < 4.78 is 17.8. The third-order valence-electron chi connectivity index (χ3n) is 18.2. The van der Waals surface area contributed by atoms with E-state index in [0.29, 0.717) is 48.2 Å². The van der Waals surface area contributed by atoms with Crippen LogP contribution in [0.2, 0.25) is 0 Å². The lowest BCUT2D eigenvalue weighted by Gasteiger charge is -2.41. The summed E-state index contributed by atoms with van der Waals surface area (Å²) in [4.78, 5) is 145. The number of hydrogen-bond acceptors (Lipinski definition) is 18. The van der Waals surface area contributed by atoms with Gasteiger partial charge >= 0.3 is 18.1 Å². The van der Waals surface area contributed by atoms with E-state index in [2.05, 4.69) is 42.4 Å². The maximum Gasteiger partial charge on any atom is 0.410 e. The molecule has 0 bridgehead atoms. The molecule has 100 heavy (non-hydrogen) atoms. The van der Waals surface area contributed by atoms with E-state index in [1.54, 1.807) is 110 Å². The molecule has 4 rings (SSSR count). The van der Waals surface area contributed by atoms with Gasteiger partial charge in [0.15, 0.2) is 6.61 Å². The minimum atomic E-state index is -1.19. The quantitative estimate of drug-likeness (QED) is 0.0211. The number of primary amides is 1. The fourth-order valence-corrected chi connectivity index (χ4v) is 12.2. The molecule has 0 radical (unpaired) electrons. The monoisotopic (exact) mass is 1400 g/mol. The first kappa shape index (κ1) is 83.5. The first-order chi connectivity index (χ1) is 47.3. The van der Waals surface area contributed by atoms with Crippen molar-refractivity contribution in [2.45, 2.75) is 187 Å². The van der Waals surface area contributed by atoms with Crippen molar-refractivity contribution >= 4 is 71.3 Å². The molecule has 1 aliphatic rings. The fourth-order valence-electron chi connectivity index (χ4n) is 12.2. The number of carboxylic acid groups (broad SMARTS) is 1. The molecule has 0 saturated carbocycles. The van der Waals surface area contributed by atoms with Gasteiger partial charge in [0.05, 0.1) is 55.0 Å². The van der Waals surface area contributed by atoms with Gasteiger partial charge in [0.1, 0.15) is 42.6 Å². The van der Waals surface area contributed by atoms with Crippen LogP contribution in [0.25, 0.3) is 0 Å². The minimum Gasteiger partial charge on any atom is -0.507 e. The number of methoxy groups -OCH3 is 2. The number of carbonyl (C=O) groups is 10. The molecule has 1 saturated heterocycles. The number of phenols is 1. The van der Waals surface area contributed by atoms with Crippen LogP contribution in [0.4, 0.5) is 15.3 Å². The number of aliphatic hydroxyl groups excluding tert-OH is 1. The fraction of sp³-hybridized carbons (Fsp3) is 0.592. The Morgan fingerprint density at radius 2 is 1.41 bits per heavy atom. The Labute approximate surface area is 587 Å². The van der Waals surface area contributed by atoms with E-state index in [1.165, 1.54) is 45.3 Å². The zero-order chi connectivity index (χ0) is 74.7. The minimum absolute atomic E-state index is 0.0288. The van der Waals surface area contributed by atoms with Crippen LogP contribution in [0.5, 0.6) is 5.75 Å². The van der Waals surface area contributed by atoms with Gasteiger partial charge in [0, 0.05) is 52.7 Å². The molecule has 13 atom stereocenters. The van der Waals surface area contributed by atoms with E-state index < -0.39 is 145 Å². The number of phenolic OH excluding ortho intramolecular Hbond substituents is 1. The number of anilines is 1. The second-order valence-electron chi connectivity index (χ2n) is 26.6. The summed E-state index contributed by atoms with van der Waals surface area (Å²) in [5, 5.41) is 53.5. The SMILES string of the molecule is CC[C@H](C)[C@@H]([C@@H](CC(=O)N1CCC[C@H]1[C@H](OC)[C@@H](C)C(=O)N[C@H](C)[C@@H](O)c1ccccc1)OC)N(C)C(=O)[C@@H](NC(=O)[C@H](C(C)C)N(C)C(=O)OCc1ccc(NC(=O)C(CCCNC(N)=O)NC(=O)[C@@H](NC(=O)CO/N=C/c2cc(C[C@H](NC)C(=O)O)ccc2O)C(C)C)cc1)C(C)C. The molecule has 1 aliphatic heterocycles. The summed E-state index contributed by atoms with van der Waals surface area (Å²) in [7, 11) is 7.56. The maximum atomic E-state index is 14.8. The number of urea groups is 1. The second-order valence-corrected chi connectivity index (χ2v) is 26.6. The number of aliphatic carboxylic acids is 1. The molecule has 1 heterocycles. The molecule has 0 aromatic heterocycles. The molecule has 12 N–H and O–H groups in total. The van der Waals surface area contributed by atoms with Gasteiger partial charge in [-0.2, -0.15) is 0 Å². The van der Waals surface area contributed by atoms with E-state index in [4.69, 9.17) is 24.8 Å². The van der Waals surface area contributed by atoms with Crippen LogP contribution in [-0.4, -0.2) is 211 Å². The molecule has 0 aliphatic carbocycles. The maximum absolute atomic E-state index is 14.8. The van der Waals surface area contributed by atoms with Crippen molar-refractivity contribution in [1.82, 2.24) is 46.6 Å². The number of nitrogens with two attached hydrogens (primary N) is 1. The number of nitrogens with zero attached hydrogens (tertiary/aromatic N) is 4. The van der Waals surface area contributed by atoms with Gasteiger partial charge in [0.2, 0.25) is 35.4 Å². The highest BCUT2D eigenvalue weighted by Gasteiger charge is 2.44. The molecule has 29 heteroatoms. The lowest BCUT2D eigenvalue weighted by molar-refractivity contribution is -0.148. The number of benzene rings is 3. The number of ether oxygens (including phenoxy) is 3. The Morgan fingerprint density at radius 1 is 0.760 bits per heavy atom. The Kier molecular flexibility index (Phi) is 34.2. The van der Waals surface area contributed by atoms with Crippen molar-refractivity contribution in [1.29, 1.82) is 0 Å². The molecule has 1 fully saturated rings. The van der Waals surface area contributed by atoms with Gasteiger partial charge in [-0.05, 0) is 111 Å².